The average Bonchev–Trinajstić information content (AvgIpc) is 2.51. The van der Waals surface area contributed by atoms with E-state index < -0.39 is 20.2 Å². The Bertz CT molecular complexity index is 931. The van der Waals surface area contributed by atoms with Crippen LogP contribution in [0.4, 0.5) is 5.69 Å². The quantitative estimate of drug-likeness (QED) is 0.345. The van der Waals surface area contributed by atoms with E-state index in [1.807, 2.05) is 11.8 Å². The predicted molar refractivity (Wildman–Crippen MR) is 85.5 cm³/mol. The molecule has 0 aromatic heterocycles. The van der Waals surface area contributed by atoms with Crippen LogP contribution in [-0.4, -0.2) is 32.5 Å². The van der Waals surface area contributed by atoms with Crippen molar-refractivity contribution in [3.63, 3.8) is 0 Å². The fourth-order valence-corrected chi connectivity index (χ4v) is 3.24. The molecule has 0 radical (unpaired) electrons. The zero-order chi connectivity index (χ0) is 18.0. The first-order chi connectivity index (χ1) is 11.1. The predicted octanol–water partition coefficient (Wildman–Crippen LogP) is -4.47. The Hall–Kier alpha value is 0.0600. The maximum atomic E-state index is 11.1. The van der Waals surface area contributed by atoms with E-state index in [-0.39, 0.29) is 68.9 Å². The Labute approximate surface area is 197 Å². The number of hydrogen-bond donors (Lipinski definition) is 0. The fraction of sp³-hybridized carbons (Fsp3) is 0.200. The van der Waals surface area contributed by atoms with Gasteiger partial charge >= 0.3 is 59.1 Å². The summed E-state index contributed by atoms with van der Waals surface area (Å²) in [7, 11) is -9.03. The van der Waals surface area contributed by atoms with Crippen molar-refractivity contribution in [2.75, 3.05) is 11.4 Å². The van der Waals surface area contributed by atoms with Crippen molar-refractivity contribution in [2.45, 2.75) is 23.3 Å². The molecule has 0 N–H and O–H groups in total. The van der Waals surface area contributed by atoms with Crippen LogP contribution < -0.4 is 64.0 Å². The van der Waals surface area contributed by atoms with Crippen LogP contribution in [-0.2, 0) is 26.8 Å². The summed E-state index contributed by atoms with van der Waals surface area (Å²) < 4.78 is 66.1. The molecule has 0 heterocycles. The molecule has 0 aliphatic carbocycles. The van der Waals surface area contributed by atoms with Crippen molar-refractivity contribution in [2.24, 2.45) is 0 Å². The van der Waals surface area contributed by atoms with Crippen molar-refractivity contribution in [1.82, 2.24) is 0 Å². The second kappa shape index (κ2) is 10.6. The first-order valence-corrected chi connectivity index (χ1v) is 9.78. The minimum absolute atomic E-state index is 0. The smallest absolute Gasteiger partial charge is 0.744 e. The maximum absolute atomic E-state index is 11.1. The zero-order valence-corrected chi connectivity index (χ0v) is 20.4. The van der Waals surface area contributed by atoms with Gasteiger partial charge in [-0.3, -0.25) is 0 Å². The van der Waals surface area contributed by atoms with E-state index in [4.69, 9.17) is 0 Å². The molecule has 2 aromatic carbocycles. The van der Waals surface area contributed by atoms with E-state index in [2.05, 4.69) is 0 Å². The van der Waals surface area contributed by atoms with Crippen molar-refractivity contribution in [3.05, 3.63) is 54.1 Å². The third-order valence-corrected chi connectivity index (χ3v) is 5.11. The van der Waals surface area contributed by atoms with E-state index >= 15 is 0 Å². The van der Waals surface area contributed by atoms with Crippen LogP contribution >= 0.6 is 0 Å². The first-order valence-electron chi connectivity index (χ1n) is 6.97. The van der Waals surface area contributed by atoms with Gasteiger partial charge in [0.05, 0.1) is 9.79 Å². The molecule has 2 aromatic rings. The monoisotopic (exact) mass is 415 g/mol. The maximum Gasteiger partial charge on any atom is 1.00 e. The van der Waals surface area contributed by atoms with Crippen LogP contribution in [0.15, 0.2) is 58.3 Å². The van der Waals surface area contributed by atoms with Crippen LogP contribution in [0.3, 0.4) is 0 Å². The molecule has 2 rings (SSSR count). The van der Waals surface area contributed by atoms with E-state index in [1.165, 1.54) is 42.5 Å². The van der Waals surface area contributed by atoms with Gasteiger partial charge in [0.1, 0.15) is 20.2 Å². The molecule has 11 heteroatoms. The minimum atomic E-state index is -4.52. The van der Waals surface area contributed by atoms with Gasteiger partial charge in [0.25, 0.3) is 0 Å². The summed E-state index contributed by atoms with van der Waals surface area (Å²) in [6, 6.07) is 11.2. The molecule has 26 heavy (non-hydrogen) atoms. The van der Waals surface area contributed by atoms with Crippen molar-refractivity contribution in [1.29, 1.82) is 0 Å². The minimum Gasteiger partial charge on any atom is -0.744 e. The number of anilines is 1. The summed E-state index contributed by atoms with van der Waals surface area (Å²) in [5.41, 5.74) is 1.29. The summed E-state index contributed by atoms with van der Waals surface area (Å²) >= 11 is 0. The SMILES string of the molecule is CCN(Cc1cccc(S(=O)(=O)[O-])c1)c1ccc(S(=O)(=O)[O-])cc1.[Na+].[Na+]. The Morgan fingerprint density at radius 1 is 0.846 bits per heavy atom. The van der Waals surface area contributed by atoms with Crippen molar-refractivity contribution >= 4 is 25.9 Å². The van der Waals surface area contributed by atoms with Crippen molar-refractivity contribution in [3.8, 4) is 0 Å². The molecule has 0 aliphatic heterocycles. The van der Waals surface area contributed by atoms with Gasteiger partial charge in [0.2, 0.25) is 0 Å². The number of rotatable bonds is 6. The normalized spacial score (nSPS) is 11.2. The topological polar surface area (TPSA) is 118 Å². The molecule has 0 atom stereocenters. The van der Waals surface area contributed by atoms with Gasteiger partial charge in [-0.1, -0.05) is 12.1 Å². The van der Waals surface area contributed by atoms with Gasteiger partial charge < -0.3 is 14.0 Å². The fourth-order valence-electron chi connectivity index (χ4n) is 2.23. The summed E-state index contributed by atoms with van der Waals surface area (Å²) in [6.45, 7) is 2.74. The molecule has 0 amide bonds. The third kappa shape index (κ3) is 7.23. The van der Waals surface area contributed by atoms with Crippen LogP contribution in [0.1, 0.15) is 12.5 Å². The second-order valence-electron chi connectivity index (χ2n) is 5.06. The average molecular weight is 415 g/mol. The Kier molecular flexibility index (Phi) is 10.6. The molecule has 0 bridgehead atoms. The van der Waals surface area contributed by atoms with E-state index in [1.54, 1.807) is 6.07 Å². The number of benzene rings is 2. The number of hydrogen-bond acceptors (Lipinski definition) is 7. The first kappa shape index (κ1) is 26.1. The van der Waals surface area contributed by atoms with Crippen molar-refractivity contribution < 1.29 is 85.1 Å². The van der Waals surface area contributed by atoms with Crippen LogP contribution in [0, 0.1) is 0 Å². The summed E-state index contributed by atoms with van der Waals surface area (Å²) in [4.78, 5) is 1.23. The molecule has 0 spiro atoms. The molecule has 0 saturated heterocycles. The van der Waals surface area contributed by atoms with Gasteiger partial charge in [-0.25, -0.2) is 16.8 Å². The largest absolute Gasteiger partial charge is 1.00 e. The summed E-state index contributed by atoms with van der Waals surface area (Å²) in [6.07, 6.45) is 0. The molecule has 0 fully saturated rings. The van der Waals surface area contributed by atoms with Crippen LogP contribution in [0.5, 0.6) is 0 Å². The van der Waals surface area contributed by atoms with Crippen LogP contribution in [0.2, 0.25) is 0 Å². The Morgan fingerprint density at radius 2 is 1.38 bits per heavy atom. The molecular formula is C15H15NNa2O6S2. The molecule has 0 aliphatic rings. The van der Waals surface area contributed by atoms with Gasteiger partial charge in [-0.05, 0) is 48.9 Å². The molecule has 7 nitrogen and oxygen atoms in total. The van der Waals surface area contributed by atoms with Gasteiger partial charge in [-0.15, -0.1) is 0 Å². The Balaban J connectivity index is 0.00000312. The van der Waals surface area contributed by atoms with E-state index in [0.717, 1.165) is 0 Å². The van der Waals surface area contributed by atoms with E-state index in [9.17, 15) is 25.9 Å². The second-order valence-corrected chi connectivity index (χ2v) is 7.82. The number of nitrogens with zero attached hydrogens (tertiary/aromatic N) is 1. The van der Waals surface area contributed by atoms with Gasteiger partial charge in [0, 0.05) is 18.8 Å². The molecule has 0 unspecified atom stereocenters. The summed E-state index contributed by atoms with van der Waals surface area (Å²) in [5.74, 6) is 0. The standard InChI is InChI=1S/C15H17NO6S2.2Na/c1-2-16(13-6-8-14(9-7-13)23(17,18)19)11-12-4-3-5-15(10-12)24(20,21)22;;/h3-10H,2,11H2,1H3,(H,17,18,19)(H,20,21,22);;/q;2*+1/p-2. The molecular weight excluding hydrogens is 400 g/mol. The van der Waals surface area contributed by atoms with Crippen LogP contribution in [0.25, 0.3) is 0 Å². The Morgan fingerprint density at radius 3 is 1.85 bits per heavy atom. The molecule has 0 saturated carbocycles. The zero-order valence-electron chi connectivity index (χ0n) is 14.7. The van der Waals surface area contributed by atoms with Gasteiger partial charge in [-0.2, -0.15) is 0 Å². The third-order valence-electron chi connectivity index (χ3n) is 3.43. The van der Waals surface area contributed by atoms with Gasteiger partial charge in [0.15, 0.2) is 0 Å². The summed E-state index contributed by atoms with van der Waals surface area (Å²) in [5, 5.41) is 0. The molecule has 130 valence electrons. The van der Waals surface area contributed by atoms with E-state index in [0.29, 0.717) is 24.3 Å².